The molecule has 0 aromatic heterocycles. The molecule has 2 aromatic carbocycles. The zero-order valence-corrected chi connectivity index (χ0v) is 12.1. The normalized spacial score (nSPS) is 27.6. The van der Waals surface area contributed by atoms with Gasteiger partial charge in [-0.3, -0.25) is 4.67 Å². The third kappa shape index (κ3) is 2.44. The maximum Gasteiger partial charge on any atom is 0.138 e. The molecule has 3 atom stereocenters. The third-order valence-electron chi connectivity index (χ3n) is 3.63. The third-order valence-corrected chi connectivity index (χ3v) is 5.74. The van der Waals surface area contributed by atoms with Crippen LogP contribution in [0.4, 0.5) is 0 Å². The molecule has 3 rings (SSSR count). The fourth-order valence-corrected chi connectivity index (χ4v) is 4.44. The van der Waals surface area contributed by atoms with Crippen molar-refractivity contribution in [3.63, 3.8) is 0 Å². The fraction of sp³-hybridized carbons (Fsp3) is 0.250. The van der Waals surface area contributed by atoms with E-state index in [4.69, 9.17) is 4.52 Å². The highest BCUT2D eigenvalue weighted by Crippen LogP contribution is 2.54. The minimum absolute atomic E-state index is 0.164. The minimum Gasteiger partial charge on any atom is -0.330 e. The van der Waals surface area contributed by atoms with Gasteiger partial charge in [0.1, 0.15) is 14.4 Å². The first kappa shape index (κ1) is 12.8. The molecule has 2 aromatic rings. The fourth-order valence-electron chi connectivity index (χ4n) is 2.41. The lowest BCUT2D eigenvalue weighted by Crippen LogP contribution is -2.24. The number of rotatable bonds is 2. The Balaban J connectivity index is 1.88. The number of nitrogens with zero attached hydrogens (tertiary/aromatic N) is 1. The first-order valence-corrected chi connectivity index (χ1v) is 7.78. The molecule has 0 radical (unpaired) electrons. The molecule has 3 heteroatoms. The first-order valence-electron chi connectivity index (χ1n) is 6.57. The van der Waals surface area contributed by atoms with Crippen molar-refractivity contribution in [2.45, 2.75) is 19.1 Å². The van der Waals surface area contributed by atoms with Gasteiger partial charge in [-0.05, 0) is 19.5 Å². The van der Waals surface area contributed by atoms with E-state index in [9.17, 15) is 0 Å². The van der Waals surface area contributed by atoms with Gasteiger partial charge in [-0.15, -0.1) is 0 Å². The molecule has 1 unspecified atom stereocenters. The van der Waals surface area contributed by atoms with E-state index in [1.165, 1.54) is 10.9 Å². The summed E-state index contributed by atoms with van der Waals surface area (Å²) in [6.07, 6.45) is 0.164. The molecule has 19 heavy (non-hydrogen) atoms. The van der Waals surface area contributed by atoms with Gasteiger partial charge < -0.3 is 4.52 Å². The second-order valence-electron chi connectivity index (χ2n) is 4.86. The van der Waals surface area contributed by atoms with Crippen LogP contribution in [0.3, 0.4) is 0 Å². The Morgan fingerprint density at radius 2 is 1.53 bits per heavy atom. The van der Waals surface area contributed by atoms with Crippen LogP contribution in [0.2, 0.25) is 0 Å². The van der Waals surface area contributed by atoms with Crippen LogP contribution in [0.5, 0.6) is 0 Å². The largest absolute Gasteiger partial charge is 0.330 e. The number of hydrogen-bond donors (Lipinski definition) is 0. The molecular formula is C16H18NOP. The second kappa shape index (κ2) is 5.42. The van der Waals surface area contributed by atoms with Crippen LogP contribution < -0.4 is 5.30 Å². The van der Waals surface area contributed by atoms with E-state index in [-0.39, 0.29) is 6.10 Å². The lowest BCUT2D eigenvalue weighted by molar-refractivity contribution is 0.218. The van der Waals surface area contributed by atoms with Gasteiger partial charge in [0.15, 0.2) is 0 Å². The zero-order chi connectivity index (χ0) is 13.2. The lowest BCUT2D eigenvalue weighted by Gasteiger charge is -2.20. The van der Waals surface area contributed by atoms with E-state index >= 15 is 0 Å². The van der Waals surface area contributed by atoms with Crippen molar-refractivity contribution in [2.75, 3.05) is 7.05 Å². The summed E-state index contributed by atoms with van der Waals surface area (Å²) < 4.78 is 8.71. The number of hydrogen-bond acceptors (Lipinski definition) is 2. The molecule has 1 aliphatic rings. The summed E-state index contributed by atoms with van der Waals surface area (Å²) in [6.45, 7) is 2.24. The van der Waals surface area contributed by atoms with Gasteiger partial charge in [-0.2, -0.15) is 0 Å². The van der Waals surface area contributed by atoms with Crippen LogP contribution >= 0.6 is 8.30 Å². The molecule has 0 N–H and O–H groups in total. The summed E-state index contributed by atoms with van der Waals surface area (Å²) in [4.78, 5) is 0. The first-order chi connectivity index (χ1) is 9.27. The lowest BCUT2D eigenvalue weighted by atomic mass is 10.0. The van der Waals surface area contributed by atoms with Crippen molar-refractivity contribution < 1.29 is 4.52 Å². The average molecular weight is 271 g/mol. The Morgan fingerprint density at radius 1 is 0.947 bits per heavy atom. The van der Waals surface area contributed by atoms with Crippen LogP contribution in [-0.2, 0) is 4.52 Å². The van der Waals surface area contributed by atoms with Crippen molar-refractivity contribution >= 4 is 13.6 Å². The molecule has 0 amide bonds. The summed E-state index contributed by atoms with van der Waals surface area (Å²) >= 11 is 0. The maximum absolute atomic E-state index is 6.35. The summed E-state index contributed by atoms with van der Waals surface area (Å²) in [5.74, 6) is 0. The molecule has 0 aliphatic carbocycles. The molecule has 1 fully saturated rings. The molecule has 0 bridgehead atoms. The Hall–Kier alpha value is -1.21. The van der Waals surface area contributed by atoms with E-state index in [2.05, 4.69) is 67.2 Å². The Morgan fingerprint density at radius 3 is 2.16 bits per heavy atom. The average Bonchev–Trinajstić information content (AvgIpc) is 2.77. The summed E-state index contributed by atoms with van der Waals surface area (Å²) in [6, 6.07) is 21.4. The van der Waals surface area contributed by atoms with Crippen LogP contribution in [0.1, 0.15) is 18.6 Å². The number of benzene rings is 2. The van der Waals surface area contributed by atoms with Crippen LogP contribution in [0.15, 0.2) is 60.7 Å². The minimum atomic E-state index is -0.670. The van der Waals surface area contributed by atoms with E-state index in [1.807, 2.05) is 12.1 Å². The molecule has 2 nitrogen and oxygen atoms in total. The predicted molar refractivity (Wildman–Crippen MR) is 80.5 cm³/mol. The molecule has 1 aliphatic heterocycles. The monoisotopic (exact) mass is 271 g/mol. The van der Waals surface area contributed by atoms with Gasteiger partial charge in [0.2, 0.25) is 0 Å². The molecule has 1 saturated heterocycles. The van der Waals surface area contributed by atoms with Gasteiger partial charge in [-0.25, -0.2) is 0 Å². The molecule has 98 valence electrons. The van der Waals surface area contributed by atoms with E-state index in [0.29, 0.717) is 6.04 Å². The van der Waals surface area contributed by atoms with Crippen LogP contribution in [-0.4, -0.2) is 17.8 Å². The van der Waals surface area contributed by atoms with Crippen molar-refractivity contribution in [1.29, 1.82) is 0 Å². The van der Waals surface area contributed by atoms with Crippen molar-refractivity contribution in [2.24, 2.45) is 0 Å². The SMILES string of the molecule is C[C@H]1[C@@H](c2ccccc2)OP(c2ccccc2)N1C. The highest BCUT2D eigenvalue weighted by atomic mass is 31.2. The Bertz CT molecular complexity index is 481. The Labute approximate surface area is 115 Å². The molecular weight excluding hydrogens is 253 g/mol. The van der Waals surface area contributed by atoms with Gasteiger partial charge in [0.05, 0.1) is 0 Å². The Kier molecular flexibility index (Phi) is 3.65. The van der Waals surface area contributed by atoms with Gasteiger partial charge in [-0.1, -0.05) is 60.7 Å². The van der Waals surface area contributed by atoms with Gasteiger partial charge >= 0.3 is 0 Å². The summed E-state index contributed by atoms with van der Waals surface area (Å²) in [5, 5.41) is 1.28. The summed E-state index contributed by atoms with van der Waals surface area (Å²) in [5.41, 5.74) is 1.27. The standard InChI is InChI=1S/C16H18NOP/c1-13-16(14-9-5-3-6-10-14)18-19(17(13)2)15-11-7-4-8-12-15/h3-13,16H,1-2H3/t13-,16-,19?/m0/s1. The number of likely N-dealkylation sites (N-methyl/N-ethyl adjacent to an activating group) is 1. The topological polar surface area (TPSA) is 12.5 Å². The van der Waals surface area contributed by atoms with Gasteiger partial charge in [0, 0.05) is 11.3 Å². The van der Waals surface area contributed by atoms with E-state index in [1.54, 1.807) is 0 Å². The van der Waals surface area contributed by atoms with Crippen molar-refractivity contribution in [1.82, 2.24) is 4.67 Å². The highest BCUT2D eigenvalue weighted by Gasteiger charge is 2.39. The molecule has 0 saturated carbocycles. The van der Waals surface area contributed by atoms with E-state index in [0.717, 1.165) is 0 Å². The van der Waals surface area contributed by atoms with Crippen LogP contribution in [0, 0.1) is 0 Å². The van der Waals surface area contributed by atoms with Crippen LogP contribution in [0.25, 0.3) is 0 Å². The maximum atomic E-state index is 6.35. The predicted octanol–water partition coefficient (Wildman–Crippen LogP) is 3.72. The van der Waals surface area contributed by atoms with Crippen molar-refractivity contribution in [3.8, 4) is 0 Å². The van der Waals surface area contributed by atoms with Crippen molar-refractivity contribution in [3.05, 3.63) is 66.2 Å². The zero-order valence-electron chi connectivity index (χ0n) is 11.2. The van der Waals surface area contributed by atoms with E-state index < -0.39 is 8.30 Å². The second-order valence-corrected chi connectivity index (χ2v) is 6.76. The summed E-state index contributed by atoms with van der Waals surface area (Å²) in [7, 11) is 1.49. The quantitative estimate of drug-likeness (QED) is 0.772. The van der Waals surface area contributed by atoms with Gasteiger partial charge in [0.25, 0.3) is 0 Å². The smallest absolute Gasteiger partial charge is 0.138 e. The molecule has 0 spiro atoms. The molecule has 1 heterocycles. The highest BCUT2D eigenvalue weighted by molar-refractivity contribution is 7.58.